The van der Waals surface area contributed by atoms with Crippen LogP contribution in [0.2, 0.25) is 0 Å². The Morgan fingerprint density at radius 3 is 2.55 bits per heavy atom. The van der Waals surface area contributed by atoms with Crippen molar-refractivity contribution in [1.29, 1.82) is 0 Å². The highest BCUT2D eigenvalue weighted by atomic mass is 16.6. The fourth-order valence-electron chi connectivity index (χ4n) is 2.98. The third kappa shape index (κ3) is 4.63. The van der Waals surface area contributed by atoms with E-state index >= 15 is 0 Å². The molecule has 0 aromatic carbocycles. The van der Waals surface area contributed by atoms with Gasteiger partial charge >= 0.3 is 6.09 Å². The normalized spacial score (nSPS) is 33.6. The second kappa shape index (κ2) is 6.31. The number of rotatable bonds is 4. The smallest absolute Gasteiger partial charge is 0.407 e. The molecule has 0 aromatic heterocycles. The van der Waals surface area contributed by atoms with Crippen molar-refractivity contribution in [3.05, 3.63) is 0 Å². The number of hydrogen-bond acceptors (Lipinski definition) is 4. The Kier molecular flexibility index (Phi) is 4.91. The van der Waals surface area contributed by atoms with Crippen molar-refractivity contribution in [2.45, 2.75) is 76.6 Å². The lowest BCUT2D eigenvalue weighted by Crippen LogP contribution is -2.45. The number of nitrogens with one attached hydrogen (secondary N) is 2. The van der Waals surface area contributed by atoms with Crippen molar-refractivity contribution in [3.63, 3.8) is 0 Å². The predicted octanol–water partition coefficient (Wildman–Crippen LogP) is 1.76. The molecule has 0 spiro atoms. The van der Waals surface area contributed by atoms with Gasteiger partial charge in [-0.15, -0.1) is 0 Å². The van der Waals surface area contributed by atoms with Gasteiger partial charge in [-0.1, -0.05) is 12.8 Å². The van der Waals surface area contributed by atoms with Gasteiger partial charge in [-0.05, 0) is 52.5 Å². The van der Waals surface area contributed by atoms with Crippen LogP contribution in [-0.4, -0.2) is 36.4 Å². The second-order valence-electron chi connectivity index (χ2n) is 7.15. The van der Waals surface area contributed by atoms with Gasteiger partial charge in [0.1, 0.15) is 5.60 Å². The first-order chi connectivity index (χ1) is 9.39. The molecular formula is C15H29N3O2. The lowest BCUT2D eigenvalue weighted by Gasteiger charge is -2.31. The molecule has 2 aliphatic carbocycles. The van der Waals surface area contributed by atoms with Gasteiger partial charge < -0.3 is 21.1 Å². The van der Waals surface area contributed by atoms with Gasteiger partial charge in [0.05, 0.1) is 0 Å². The first-order valence-electron chi connectivity index (χ1n) is 7.84. The molecule has 0 heterocycles. The molecule has 2 aliphatic rings. The molecule has 2 fully saturated rings. The van der Waals surface area contributed by atoms with E-state index in [0.29, 0.717) is 18.0 Å². The minimum atomic E-state index is -0.435. The highest BCUT2D eigenvalue weighted by Gasteiger charge is 2.41. The molecule has 2 saturated carbocycles. The van der Waals surface area contributed by atoms with Gasteiger partial charge in [-0.25, -0.2) is 4.79 Å². The number of nitrogens with two attached hydrogens (primary N) is 1. The summed E-state index contributed by atoms with van der Waals surface area (Å²) >= 11 is 0. The highest BCUT2D eigenvalue weighted by molar-refractivity contribution is 5.68. The molecule has 0 bridgehead atoms. The molecule has 20 heavy (non-hydrogen) atoms. The zero-order valence-corrected chi connectivity index (χ0v) is 12.9. The summed E-state index contributed by atoms with van der Waals surface area (Å²) in [6.07, 6.45) is 5.69. The molecule has 5 heteroatoms. The molecule has 5 nitrogen and oxygen atoms in total. The average molecular weight is 283 g/mol. The summed E-state index contributed by atoms with van der Waals surface area (Å²) in [5.41, 5.74) is 5.41. The molecule has 4 unspecified atom stereocenters. The number of carbonyl (C=O) groups excluding carboxylic acids is 1. The average Bonchev–Trinajstić information content (AvgIpc) is 3.05. The van der Waals surface area contributed by atoms with Gasteiger partial charge in [-0.2, -0.15) is 0 Å². The van der Waals surface area contributed by atoms with E-state index in [-0.39, 0.29) is 12.1 Å². The minimum Gasteiger partial charge on any atom is -0.444 e. The first kappa shape index (κ1) is 15.6. The van der Waals surface area contributed by atoms with Crippen LogP contribution in [-0.2, 0) is 4.74 Å². The van der Waals surface area contributed by atoms with Crippen molar-refractivity contribution in [1.82, 2.24) is 10.6 Å². The Hall–Kier alpha value is -0.810. The molecule has 0 aromatic rings. The minimum absolute atomic E-state index is 0.213. The van der Waals surface area contributed by atoms with E-state index in [1.165, 1.54) is 25.7 Å². The maximum Gasteiger partial charge on any atom is 0.407 e. The van der Waals surface area contributed by atoms with E-state index in [1.54, 1.807) is 0 Å². The third-order valence-corrected chi connectivity index (χ3v) is 4.13. The van der Waals surface area contributed by atoms with Crippen molar-refractivity contribution in [2.24, 2.45) is 11.7 Å². The topological polar surface area (TPSA) is 76.4 Å². The number of carbonyl (C=O) groups is 1. The summed E-state index contributed by atoms with van der Waals surface area (Å²) in [4.78, 5) is 11.7. The Morgan fingerprint density at radius 2 is 1.90 bits per heavy atom. The summed E-state index contributed by atoms with van der Waals surface area (Å²) in [5, 5.41) is 6.59. The Morgan fingerprint density at radius 1 is 1.20 bits per heavy atom. The van der Waals surface area contributed by atoms with Crippen LogP contribution in [0, 0.1) is 5.92 Å². The highest BCUT2D eigenvalue weighted by Crippen LogP contribution is 2.29. The zero-order chi connectivity index (χ0) is 14.8. The number of amides is 1. The monoisotopic (exact) mass is 283 g/mol. The van der Waals surface area contributed by atoms with Gasteiger partial charge in [0.25, 0.3) is 0 Å². The zero-order valence-electron chi connectivity index (χ0n) is 12.9. The molecule has 0 saturated heterocycles. The van der Waals surface area contributed by atoms with Gasteiger partial charge in [0.15, 0.2) is 0 Å². The molecule has 1 amide bonds. The number of hydrogen-bond donors (Lipinski definition) is 3. The summed E-state index contributed by atoms with van der Waals surface area (Å²) < 4.78 is 5.27. The Balaban J connectivity index is 1.71. The van der Waals surface area contributed by atoms with Crippen LogP contribution in [0.5, 0.6) is 0 Å². The lowest BCUT2D eigenvalue weighted by molar-refractivity contribution is 0.0521. The van der Waals surface area contributed by atoms with Crippen molar-refractivity contribution in [2.75, 3.05) is 6.54 Å². The van der Waals surface area contributed by atoms with E-state index in [0.717, 1.165) is 13.0 Å². The molecule has 116 valence electrons. The van der Waals surface area contributed by atoms with Crippen LogP contribution in [0.15, 0.2) is 0 Å². The maximum absolute atomic E-state index is 11.7. The quantitative estimate of drug-likeness (QED) is 0.735. The predicted molar refractivity (Wildman–Crippen MR) is 79.5 cm³/mol. The summed E-state index contributed by atoms with van der Waals surface area (Å²) in [7, 11) is 0. The molecule has 2 rings (SSSR count). The summed E-state index contributed by atoms with van der Waals surface area (Å²) in [6, 6.07) is 1.12. The van der Waals surface area contributed by atoms with E-state index < -0.39 is 5.60 Å². The van der Waals surface area contributed by atoms with Crippen LogP contribution in [0.1, 0.15) is 52.9 Å². The molecule has 4 atom stereocenters. The van der Waals surface area contributed by atoms with Crippen molar-refractivity contribution < 1.29 is 9.53 Å². The van der Waals surface area contributed by atoms with E-state index in [4.69, 9.17) is 10.5 Å². The molecule has 4 N–H and O–H groups in total. The molecule has 0 radical (unpaired) electrons. The van der Waals surface area contributed by atoms with Crippen LogP contribution in [0.3, 0.4) is 0 Å². The second-order valence-corrected chi connectivity index (χ2v) is 7.15. The fourth-order valence-corrected chi connectivity index (χ4v) is 2.98. The largest absolute Gasteiger partial charge is 0.444 e. The third-order valence-electron chi connectivity index (χ3n) is 4.13. The van der Waals surface area contributed by atoms with Crippen LogP contribution in [0.25, 0.3) is 0 Å². The van der Waals surface area contributed by atoms with Gasteiger partial charge in [-0.3, -0.25) is 0 Å². The maximum atomic E-state index is 11.7. The van der Waals surface area contributed by atoms with E-state index in [9.17, 15) is 4.79 Å². The number of alkyl carbamates (subject to hydrolysis) is 1. The van der Waals surface area contributed by atoms with Crippen LogP contribution in [0.4, 0.5) is 4.79 Å². The number of ether oxygens (including phenoxy) is 1. The van der Waals surface area contributed by atoms with Gasteiger partial charge in [0, 0.05) is 18.1 Å². The van der Waals surface area contributed by atoms with Gasteiger partial charge in [0.2, 0.25) is 0 Å². The molecular weight excluding hydrogens is 254 g/mol. The van der Waals surface area contributed by atoms with Crippen LogP contribution >= 0.6 is 0 Å². The molecule has 0 aliphatic heterocycles. The fraction of sp³-hybridized carbons (Fsp3) is 0.933. The SMILES string of the molecule is CC(C)(C)OC(=O)NC1CC1NC1CCCCC1CN. The Bertz CT molecular complexity index is 341. The van der Waals surface area contributed by atoms with Crippen molar-refractivity contribution in [3.8, 4) is 0 Å². The Labute approximate surface area is 122 Å². The lowest BCUT2D eigenvalue weighted by atomic mass is 9.84. The first-order valence-corrected chi connectivity index (χ1v) is 7.84. The van der Waals surface area contributed by atoms with E-state index in [2.05, 4.69) is 10.6 Å². The standard InChI is InChI=1S/C15H29N3O2/c1-15(2,3)20-14(19)18-13-8-12(13)17-11-7-5-4-6-10(11)9-16/h10-13,17H,4-9,16H2,1-3H3,(H,18,19). The summed E-state index contributed by atoms with van der Waals surface area (Å²) in [5.74, 6) is 0.589. The van der Waals surface area contributed by atoms with Crippen molar-refractivity contribution >= 4 is 6.09 Å². The summed E-state index contributed by atoms with van der Waals surface area (Å²) in [6.45, 7) is 6.39. The van der Waals surface area contributed by atoms with Crippen LogP contribution < -0.4 is 16.4 Å². The van der Waals surface area contributed by atoms with E-state index in [1.807, 2.05) is 20.8 Å².